The minimum Gasteiger partial charge on any atom is -0.491 e. The molecule has 0 bridgehead atoms. The van der Waals surface area contributed by atoms with Crippen LogP contribution in [0.1, 0.15) is 142 Å². The van der Waals surface area contributed by atoms with Crippen molar-refractivity contribution >= 4 is 51.6 Å². The molecule has 0 unspecified atom stereocenters. The second-order valence-corrected chi connectivity index (χ2v) is 28.2. The number of fused-ring (bicyclic) bond motifs is 1. The molecule has 0 radical (unpaired) electrons. The van der Waals surface area contributed by atoms with Crippen molar-refractivity contribution in [2.75, 3.05) is 104 Å². The van der Waals surface area contributed by atoms with Crippen molar-refractivity contribution in [1.82, 2.24) is 30.4 Å². The van der Waals surface area contributed by atoms with Crippen molar-refractivity contribution in [3.8, 4) is 39.8 Å². The average molecular weight is 1400 g/mol. The van der Waals surface area contributed by atoms with Crippen molar-refractivity contribution in [3.63, 3.8) is 0 Å². The summed E-state index contributed by atoms with van der Waals surface area (Å²) in [5, 5.41) is 11.2. The van der Waals surface area contributed by atoms with Gasteiger partial charge < -0.3 is 63.1 Å². The lowest BCUT2D eigenvalue weighted by Crippen LogP contribution is -2.56. The molecule has 3 fully saturated rings. The van der Waals surface area contributed by atoms with Gasteiger partial charge in [0.2, 0.25) is 17.7 Å². The molecule has 7 aromatic rings. The molecule has 5 aromatic carbocycles. The van der Waals surface area contributed by atoms with Gasteiger partial charge in [0.25, 0.3) is 5.91 Å². The number of likely N-dealkylation sites (tertiary alicyclic amines) is 1. The third-order valence-corrected chi connectivity index (χ3v) is 20.0. The molecule has 4 heterocycles. The second-order valence-electron chi connectivity index (χ2n) is 27.4. The Bertz CT molecular complexity index is 3830. The highest BCUT2D eigenvalue weighted by Crippen LogP contribution is 2.41. The summed E-state index contributed by atoms with van der Waals surface area (Å²) in [6.07, 6.45) is 7.67. The zero-order valence-electron chi connectivity index (χ0n) is 60.5. The number of thiazole rings is 1. The van der Waals surface area contributed by atoms with Crippen molar-refractivity contribution < 1.29 is 61.8 Å². The number of hydrogen-bond donors (Lipinski definition) is 2. The molecule has 1 saturated carbocycles. The van der Waals surface area contributed by atoms with E-state index in [9.17, 15) is 19.2 Å². The standard InChI is InChI=1S/C80H103N7O13S/c1-10-86(62-33-36-92-37-34-62)71-50-61(49-67(56(71)4)75(89)81-51-68-54(2)48-55(3)82-76(68)99-52-58-20-13-11-14-21-58)59-27-29-63(30-28-59)97-46-44-95-42-40-93-38-39-94-41-43-96-45-47-98-72-32-31-65(64-24-17-18-25-66(64)72)69-53-101-77(83-69)70-26-19-35-87(70)78(90)73(60-22-15-12-16-23-60)84-74(88)57(5)85(9)79(91)100-80(6,7)8/h11,13-14,17-18,20-21,24-25,27-32,48-50,53,57,60,62,70,73H,10,12,15-16,19,22-23,26,33-47,51-52H2,1-9H3,(H,81,89)(H,84,88)/t57-,70-,73-/m0/s1. The van der Waals surface area contributed by atoms with E-state index >= 15 is 0 Å². The highest BCUT2D eigenvalue weighted by atomic mass is 32.1. The van der Waals surface area contributed by atoms with E-state index in [2.05, 4.69) is 40.0 Å². The molecular formula is C80H103N7O13S. The highest BCUT2D eigenvalue weighted by molar-refractivity contribution is 7.10. The molecule has 3 aliphatic rings. The molecule has 1 aliphatic carbocycles. The first-order valence-corrected chi connectivity index (χ1v) is 36.9. The van der Waals surface area contributed by atoms with E-state index in [1.807, 2.05) is 123 Å². The molecular weight excluding hydrogens is 1300 g/mol. The Morgan fingerprint density at radius 2 is 1.36 bits per heavy atom. The van der Waals surface area contributed by atoms with Gasteiger partial charge in [-0.25, -0.2) is 14.8 Å². The SMILES string of the molecule is CCN(c1cc(-c2ccc(OCCOCCOCCOCCOCCOc3ccc(-c4csc([C@@H]5CCCN5C(=O)[C@@H](NC(=O)[C@H](C)N(C)C(=O)OC(C)(C)C)C5CCCCC5)n4)c4ccccc34)cc2)cc(C(=O)NCc2c(C)cc(C)nc2OCc2ccccc2)c1C)C1CCOCC1. The van der Waals surface area contributed by atoms with E-state index in [0.717, 1.165) is 148 Å². The predicted molar refractivity (Wildman–Crippen MR) is 394 cm³/mol. The van der Waals surface area contributed by atoms with Crippen molar-refractivity contribution in [3.05, 3.63) is 153 Å². The monoisotopic (exact) mass is 1400 g/mol. The molecule has 10 rings (SSSR count). The normalized spacial score (nSPS) is 15.8. The number of pyridine rings is 1. The van der Waals surface area contributed by atoms with Crippen LogP contribution in [-0.2, 0) is 51.2 Å². The first-order chi connectivity index (χ1) is 48.9. The Morgan fingerprint density at radius 1 is 0.703 bits per heavy atom. The number of anilines is 1. The molecule has 0 spiro atoms. The van der Waals surface area contributed by atoms with Crippen LogP contribution < -0.4 is 29.7 Å². The maximum Gasteiger partial charge on any atom is 0.410 e. The molecule has 20 nitrogen and oxygen atoms in total. The first-order valence-electron chi connectivity index (χ1n) is 36.1. The van der Waals surface area contributed by atoms with Crippen LogP contribution in [0.2, 0.25) is 0 Å². The molecule has 21 heteroatoms. The van der Waals surface area contributed by atoms with Gasteiger partial charge in [0, 0.05) is 84.8 Å². The number of nitrogens with zero attached hydrogens (tertiary/aromatic N) is 5. The summed E-state index contributed by atoms with van der Waals surface area (Å²) >= 11 is 1.55. The van der Waals surface area contributed by atoms with Crippen molar-refractivity contribution in [1.29, 1.82) is 0 Å². The number of nitrogens with one attached hydrogen (secondary N) is 2. The van der Waals surface area contributed by atoms with Gasteiger partial charge in [-0.3, -0.25) is 19.3 Å². The van der Waals surface area contributed by atoms with Gasteiger partial charge in [-0.05, 0) is 176 Å². The number of likely N-dealkylation sites (N-methyl/N-ethyl adjacent to an activating group) is 1. The topological polar surface area (TPSA) is 211 Å². The van der Waals surface area contributed by atoms with Crippen LogP contribution >= 0.6 is 11.3 Å². The molecule has 4 amide bonds. The zero-order chi connectivity index (χ0) is 71.3. The van der Waals surface area contributed by atoms with Crippen LogP contribution in [0.25, 0.3) is 33.2 Å². The first kappa shape index (κ1) is 75.5. The van der Waals surface area contributed by atoms with E-state index < -0.39 is 23.8 Å². The number of benzene rings is 5. The highest BCUT2D eigenvalue weighted by Gasteiger charge is 2.41. The molecule has 101 heavy (non-hydrogen) atoms. The summed E-state index contributed by atoms with van der Waals surface area (Å²) in [5.41, 5.74) is 9.30. The van der Waals surface area contributed by atoms with Crippen molar-refractivity contribution in [2.24, 2.45) is 5.92 Å². The summed E-state index contributed by atoms with van der Waals surface area (Å²) in [5.74, 6) is 1.35. The largest absolute Gasteiger partial charge is 0.491 e. The maximum atomic E-state index is 14.7. The van der Waals surface area contributed by atoms with Crippen molar-refractivity contribution in [2.45, 2.75) is 156 Å². The fraction of sp³-hybridized carbons (Fsp3) is 0.500. The molecule has 2 saturated heterocycles. The number of aromatic nitrogens is 2. The van der Waals surface area contributed by atoms with E-state index in [-0.39, 0.29) is 36.2 Å². The molecule has 542 valence electrons. The Morgan fingerprint density at radius 3 is 2.03 bits per heavy atom. The minimum absolute atomic E-state index is 0.00195. The van der Waals surface area contributed by atoms with Gasteiger partial charge in [-0.1, -0.05) is 86.0 Å². The van der Waals surface area contributed by atoms with Crippen LogP contribution in [-0.4, -0.2) is 167 Å². The van der Waals surface area contributed by atoms with Crippen LogP contribution in [0, 0.1) is 26.7 Å². The third kappa shape index (κ3) is 20.8. The lowest BCUT2D eigenvalue weighted by Gasteiger charge is -2.37. The van der Waals surface area contributed by atoms with Gasteiger partial charge in [-0.15, -0.1) is 11.3 Å². The van der Waals surface area contributed by atoms with E-state index in [1.165, 1.54) is 4.90 Å². The van der Waals surface area contributed by atoms with Gasteiger partial charge in [0.1, 0.15) is 54.0 Å². The summed E-state index contributed by atoms with van der Waals surface area (Å²) in [4.78, 5) is 71.4. The van der Waals surface area contributed by atoms with Gasteiger partial charge in [0.05, 0.1) is 64.6 Å². The zero-order valence-corrected chi connectivity index (χ0v) is 61.3. The summed E-state index contributed by atoms with van der Waals surface area (Å²) in [6.45, 7) is 22.7. The fourth-order valence-electron chi connectivity index (χ4n) is 13.6. The average Bonchev–Trinajstić information content (AvgIpc) is 1.59. The smallest absolute Gasteiger partial charge is 0.410 e. The van der Waals surface area contributed by atoms with E-state index in [4.69, 9.17) is 52.6 Å². The van der Waals surface area contributed by atoms with Crippen LogP contribution in [0.15, 0.2) is 115 Å². The van der Waals surface area contributed by atoms with Crippen LogP contribution in [0.4, 0.5) is 10.5 Å². The molecule has 2 aliphatic heterocycles. The Labute approximate surface area is 600 Å². The van der Waals surface area contributed by atoms with Gasteiger partial charge >= 0.3 is 6.09 Å². The summed E-state index contributed by atoms with van der Waals surface area (Å²) in [6, 6.07) is 34.9. The molecule has 2 aromatic heterocycles. The maximum absolute atomic E-state index is 14.7. The van der Waals surface area contributed by atoms with Crippen LogP contribution in [0.5, 0.6) is 17.4 Å². The number of carbonyl (C=O) groups excluding carboxylic acids is 4. The second kappa shape index (κ2) is 37.1. The number of carbonyl (C=O) groups is 4. The van der Waals surface area contributed by atoms with E-state index in [0.29, 0.717) is 110 Å². The third-order valence-electron chi connectivity index (χ3n) is 19.1. The molecule has 3 atom stereocenters. The number of amides is 4. The molecule has 2 N–H and O–H groups in total. The number of rotatable bonds is 34. The quantitative estimate of drug-likeness (QED) is 0.0359. The Hall–Kier alpha value is -8.18. The Kier molecular flexibility index (Phi) is 27.7. The fourth-order valence-corrected chi connectivity index (χ4v) is 14.5. The van der Waals surface area contributed by atoms with Gasteiger partial charge in [0.15, 0.2) is 0 Å². The number of aryl methyl sites for hydroxylation is 2. The minimum atomic E-state index is -0.838. The lowest BCUT2D eigenvalue weighted by molar-refractivity contribution is -0.140. The predicted octanol–water partition coefficient (Wildman–Crippen LogP) is 14.0. The summed E-state index contributed by atoms with van der Waals surface area (Å²) in [7, 11) is 1.55. The van der Waals surface area contributed by atoms with Gasteiger partial charge in [-0.2, -0.15) is 0 Å². The lowest BCUT2D eigenvalue weighted by atomic mass is 9.83. The van der Waals surface area contributed by atoms with Crippen LogP contribution in [0.3, 0.4) is 0 Å². The number of ether oxygens (including phenoxy) is 9. The Balaban J connectivity index is 0.624. The number of hydrogen-bond acceptors (Lipinski definition) is 17. The van der Waals surface area contributed by atoms with E-state index in [1.54, 1.807) is 46.1 Å². The summed E-state index contributed by atoms with van der Waals surface area (Å²) < 4.78 is 53.1.